The molecule has 3 unspecified atom stereocenters. The first-order valence-electron chi connectivity index (χ1n) is 10.5. The maximum atomic E-state index is 12.2. The number of nitrogens with one attached hydrogen (secondary N) is 2. The average Bonchev–Trinajstić information content (AvgIpc) is 2.89. The first kappa shape index (κ1) is 21.3. The summed E-state index contributed by atoms with van der Waals surface area (Å²) < 4.78 is 12.0. The minimum absolute atomic E-state index is 0.163. The van der Waals surface area contributed by atoms with Gasteiger partial charge in [-0.25, -0.2) is 0 Å². The number of benzene rings is 1. The Hall–Kier alpha value is -1.40. The van der Waals surface area contributed by atoms with Crippen LogP contribution < -0.4 is 10.6 Å². The second kappa shape index (κ2) is 9.40. The van der Waals surface area contributed by atoms with E-state index < -0.39 is 10.8 Å². The van der Waals surface area contributed by atoms with Crippen molar-refractivity contribution in [3.63, 3.8) is 0 Å². The topological polar surface area (TPSA) is 56.7 Å². The summed E-state index contributed by atoms with van der Waals surface area (Å²) in [5, 5.41) is 6.97. The quantitative estimate of drug-likeness (QED) is 0.565. The lowest BCUT2D eigenvalue weighted by Gasteiger charge is -2.39. The van der Waals surface area contributed by atoms with Crippen molar-refractivity contribution in [1.29, 1.82) is 0 Å². The van der Waals surface area contributed by atoms with Gasteiger partial charge in [0.05, 0.1) is 0 Å². The second-order valence-electron chi connectivity index (χ2n) is 9.02. The molecule has 0 radical (unpaired) electrons. The summed E-state index contributed by atoms with van der Waals surface area (Å²) >= 11 is 0. The molecule has 2 N–H and O–H groups in total. The molecule has 0 aliphatic carbocycles. The number of hydrogen-bond donors (Lipinski definition) is 2. The summed E-state index contributed by atoms with van der Waals surface area (Å²) in [6.07, 6.45) is 4.93. The molecule has 28 heavy (non-hydrogen) atoms. The van der Waals surface area contributed by atoms with Crippen LogP contribution in [0.15, 0.2) is 35.3 Å². The van der Waals surface area contributed by atoms with E-state index in [-0.39, 0.29) is 4.75 Å². The van der Waals surface area contributed by atoms with E-state index >= 15 is 0 Å². The molecule has 2 heterocycles. The molecule has 0 saturated carbocycles. The van der Waals surface area contributed by atoms with Crippen molar-refractivity contribution in [2.75, 3.05) is 19.3 Å². The summed E-state index contributed by atoms with van der Waals surface area (Å²) in [7, 11) is 0.975. The van der Waals surface area contributed by atoms with Crippen LogP contribution in [0.25, 0.3) is 0 Å². The van der Waals surface area contributed by atoms with Crippen molar-refractivity contribution >= 4 is 16.8 Å². The van der Waals surface area contributed by atoms with Crippen LogP contribution in [0.3, 0.4) is 0 Å². The summed E-state index contributed by atoms with van der Waals surface area (Å²) in [6, 6.07) is 12.6. The van der Waals surface area contributed by atoms with Crippen LogP contribution in [0.5, 0.6) is 0 Å². The van der Waals surface area contributed by atoms with Gasteiger partial charge in [-0.15, -0.1) is 0 Å². The smallest absolute Gasteiger partial charge is 0.191 e. The van der Waals surface area contributed by atoms with Crippen LogP contribution in [0.2, 0.25) is 0 Å². The maximum absolute atomic E-state index is 12.2. The number of nitrogens with zero attached hydrogens (tertiary/aromatic N) is 2. The van der Waals surface area contributed by atoms with E-state index in [1.54, 1.807) is 0 Å². The fourth-order valence-electron chi connectivity index (χ4n) is 4.40. The van der Waals surface area contributed by atoms with Gasteiger partial charge in [-0.2, -0.15) is 0 Å². The van der Waals surface area contributed by atoms with Gasteiger partial charge in [-0.1, -0.05) is 30.3 Å². The predicted molar refractivity (Wildman–Crippen MR) is 119 cm³/mol. The molecule has 0 amide bonds. The Balaban J connectivity index is 1.48. The highest BCUT2D eigenvalue weighted by Gasteiger charge is 2.40. The Kier molecular flexibility index (Phi) is 7.15. The molecule has 6 heteroatoms. The van der Waals surface area contributed by atoms with Crippen molar-refractivity contribution in [3.8, 4) is 0 Å². The van der Waals surface area contributed by atoms with E-state index in [9.17, 15) is 4.21 Å². The molecule has 5 nitrogen and oxygen atoms in total. The van der Waals surface area contributed by atoms with Crippen LogP contribution in [-0.4, -0.2) is 57.3 Å². The summed E-state index contributed by atoms with van der Waals surface area (Å²) in [5.74, 6) is 1.48. The van der Waals surface area contributed by atoms with Crippen molar-refractivity contribution < 1.29 is 4.21 Å². The lowest BCUT2D eigenvalue weighted by Crippen LogP contribution is -2.52. The largest absolute Gasteiger partial charge is 0.355 e. The molecule has 3 rings (SSSR count). The highest BCUT2D eigenvalue weighted by molar-refractivity contribution is 7.86. The zero-order chi connectivity index (χ0) is 20.1. The molecular weight excluding hydrogens is 368 g/mol. The van der Waals surface area contributed by atoms with Crippen LogP contribution in [0.4, 0.5) is 0 Å². The summed E-state index contributed by atoms with van der Waals surface area (Å²) in [5.41, 5.74) is 1.41. The van der Waals surface area contributed by atoms with Crippen molar-refractivity contribution in [1.82, 2.24) is 15.5 Å². The third-order valence-electron chi connectivity index (χ3n) is 5.92. The number of rotatable bonds is 6. The van der Waals surface area contributed by atoms with E-state index in [2.05, 4.69) is 50.9 Å². The molecule has 2 fully saturated rings. The van der Waals surface area contributed by atoms with Crippen LogP contribution in [-0.2, 0) is 17.3 Å². The van der Waals surface area contributed by atoms with Gasteiger partial charge in [0.25, 0.3) is 0 Å². The standard InChI is InChI=1S/C22H36N4OS/c1-22(2,3)28(27)13-12-24-21(23-4)25-18-14-19-10-11-20(15-18)26(19)16-17-8-6-5-7-9-17/h5-9,18-20H,10-16H2,1-4H3,(H2,23,24,25). The van der Waals surface area contributed by atoms with Crippen LogP contribution in [0.1, 0.15) is 52.0 Å². The van der Waals surface area contributed by atoms with Gasteiger partial charge in [0.2, 0.25) is 0 Å². The summed E-state index contributed by atoms with van der Waals surface area (Å²) in [6.45, 7) is 7.82. The molecule has 3 atom stereocenters. The van der Waals surface area contributed by atoms with E-state index in [0.29, 0.717) is 30.4 Å². The monoisotopic (exact) mass is 404 g/mol. The SMILES string of the molecule is CN=C(NCCS(=O)C(C)(C)C)NC1CC2CCC(C1)N2Cc1ccccc1. The van der Waals surface area contributed by atoms with Crippen LogP contribution in [0, 0.1) is 0 Å². The van der Waals surface area contributed by atoms with E-state index in [0.717, 1.165) is 25.3 Å². The Morgan fingerprint density at radius 3 is 2.39 bits per heavy atom. The first-order chi connectivity index (χ1) is 13.4. The van der Waals surface area contributed by atoms with Crippen molar-refractivity contribution in [2.24, 2.45) is 4.99 Å². The van der Waals surface area contributed by atoms with Gasteiger partial charge >= 0.3 is 0 Å². The van der Waals surface area contributed by atoms with Gasteiger partial charge in [-0.05, 0) is 52.0 Å². The normalized spacial score (nSPS) is 26.9. The molecular formula is C22H36N4OS. The number of aliphatic imine (C=N–C) groups is 1. The molecule has 2 saturated heterocycles. The fourth-order valence-corrected chi connectivity index (χ4v) is 5.30. The molecule has 0 spiro atoms. The molecule has 2 aliphatic rings. The van der Waals surface area contributed by atoms with Gasteiger partial charge < -0.3 is 10.6 Å². The zero-order valence-corrected chi connectivity index (χ0v) is 18.6. The van der Waals surface area contributed by atoms with Crippen molar-refractivity contribution in [3.05, 3.63) is 35.9 Å². The molecule has 2 aliphatic heterocycles. The third kappa shape index (κ3) is 5.57. The van der Waals surface area contributed by atoms with Crippen LogP contribution >= 0.6 is 0 Å². The predicted octanol–water partition coefficient (Wildman–Crippen LogP) is 2.89. The lowest BCUT2D eigenvalue weighted by molar-refractivity contribution is 0.114. The van der Waals surface area contributed by atoms with Gasteiger partial charge in [-0.3, -0.25) is 14.1 Å². The highest BCUT2D eigenvalue weighted by Crippen LogP contribution is 2.36. The zero-order valence-electron chi connectivity index (χ0n) is 17.8. The number of piperidine rings is 1. The maximum Gasteiger partial charge on any atom is 0.191 e. The van der Waals surface area contributed by atoms with Gasteiger partial charge in [0.1, 0.15) is 0 Å². The second-order valence-corrected chi connectivity index (χ2v) is 11.3. The number of guanidine groups is 1. The Labute approximate surface area is 172 Å². The first-order valence-corrected chi connectivity index (χ1v) is 11.8. The Morgan fingerprint density at radius 1 is 1.18 bits per heavy atom. The van der Waals surface area contributed by atoms with E-state index in [4.69, 9.17) is 0 Å². The lowest BCUT2D eigenvalue weighted by atomic mass is 9.96. The Morgan fingerprint density at radius 2 is 1.82 bits per heavy atom. The molecule has 0 aromatic heterocycles. The fraction of sp³-hybridized carbons (Fsp3) is 0.682. The van der Waals surface area contributed by atoms with Crippen molar-refractivity contribution in [2.45, 2.75) is 75.9 Å². The number of fused-ring (bicyclic) bond motifs is 2. The molecule has 2 bridgehead atoms. The molecule has 1 aromatic rings. The third-order valence-corrected chi connectivity index (χ3v) is 7.86. The minimum Gasteiger partial charge on any atom is -0.355 e. The van der Waals surface area contributed by atoms with Gasteiger partial charge in [0.15, 0.2) is 5.96 Å². The minimum atomic E-state index is -0.840. The molecule has 156 valence electrons. The highest BCUT2D eigenvalue weighted by atomic mass is 32.2. The van der Waals surface area contributed by atoms with E-state index in [1.165, 1.54) is 18.4 Å². The van der Waals surface area contributed by atoms with E-state index in [1.807, 2.05) is 27.8 Å². The molecule has 1 aromatic carbocycles. The number of hydrogen-bond acceptors (Lipinski definition) is 3. The average molecular weight is 405 g/mol. The van der Waals surface area contributed by atoms with Gasteiger partial charge in [0, 0.05) is 59.6 Å². The Bertz CT molecular complexity index is 672. The summed E-state index contributed by atoms with van der Waals surface area (Å²) in [4.78, 5) is 7.08.